The van der Waals surface area contributed by atoms with Gasteiger partial charge in [0.05, 0.1) is 24.8 Å². The minimum absolute atomic E-state index is 0.133. The highest BCUT2D eigenvalue weighted by molar-refractivity contribution is 5.01. The molecule has 42 heavy (non-hydrogen) atoms. The van der Waals surface area contributed by atoms with Gasteiger partial charge in [0.25, 0.3) is 0 Å². The maximum Gasteiger partial charge on any atom is 0.187 e. The minimum atomic E-state index is -1.65. The summed E-state index contributed by atoms with van der Waals surface area (Å²) in [5.41, 5.74) is 29.4. The molecule has 1 aliphatic carbocycles. The molecule has 3 saturated heterocycles. The lowest BCUT2D eigenvalue weighted by atomic mass is 9.85. The van der Waals surface area contributed by atoms with Crippen LogP contribution in [0.4, 0.5) is 0 Å². The van der Waals surface area contributed by atoms with Crippen LogP contribution in [0.1, 0.15) is 6.42 Å². The van der Waals surface area contributed by atoms with Gasteiger partial charge in [-0.2, -0.15) is 0 Å². The molecule has 0 aromatic carbocycles. The molecule has 4 aliphatic rings. The van der Waals surface area contributed by atoms with Crippen LogP contribution in [0.25, 0.3) is 0 Å². The predicted molar refractivity (Wildman–Crippen MR) is 136 cm³/mol. The Bertz CT molecular complexity index is 866. The van der Waals surface area contributed by atoms with Crippen molar-refractivity contribution >= 4 is 0 Å². The SMILES string of the molecule is NC[C@H]1O[C@H](O[C@@H]2[C@H](O[C@H]3O[C@H](CO)[C@@H](O[C@@H]4O[C@H](CN)[C@@H](O)[C@H](O)[C@H]4N)[C@H]3O)[C@H](O)[C@H](O)C[C@@H]2N)[C@H](N)[C@@H](O)[C@H]1O. The summed E-state index contributed by atoms with van der Waals surface area (Å²) in [6, 6.07) is -3.49. The normalized spacial score (nSPS) is 53.8. The van der Waals surface area contributed by atoms with Gasteiger partial charge < -0.3 is 97.9 Å². The Labute approximate surface area is 240 Å². The predicted octanol–water partition coefficient (Wildman–Crippen LogP) is -8.86. The van der Waals surface area contributed by atoms with Gasteiger partial charge in [-0.05, 0) is 6.42 Å². The molecule has 0 amide bonds. The second-order valence-electron chi connectivity index (χ2n) is 11.2. The van der Waals surface area contributed by atoms with E-state index >= 15 is 0 Å². The van der Waals surface area contributed by atoms with E-state index in [9.17, 15) is 40.9 Å². The van der Waals surface area contributed by atoms with E-state index in [1.807, 2.05) is 0 Å². The van der Waals surface area contributed by atoms with Crippen LogP contribution in [0.15, 0.2) is 0 Å². The molecule has 0 aromatic heterocycles. The molecule has 19 heteroatoms. The monoisotopic (exact) mass is 615 g/mol. The van der Waals surface area contributed by atoms with Crippen LogP contribution >= 0.6 is 0 Å². The fraction of sp³-hybridized carbons (Fsp3) is 1.00. The first kappa shape index (κ1) is 34.1. The average Bonchev–Trinajstić information content (AvgIpc) is 3.27. The van der Waals surface area contributed by atoms with Crippen LogP contribution in [0.3, 0.4) is 0 Å². The molecule has 0 unspecified atom stereocenters. The maximum atomic E-state index is 11.1. The molecule has 3 aliphatic heterocycles. The fourth-order valence-corrected chi connectivity index (χ4v) is 5.68. The summed E-state index contributed by atoms with van der Waals surface area (Å²) < 4.78 is 34.4. The number of ether oxygens (including phenoxy) is 6. The van der Waals surface area contributed by atoms with Gasteiger partial charge in [0.2, 0.25) is 0 Å². The van der Waals surface area contributed by atoms with E-state index < -0.39 is 123 Å². The maximum absolute atomic E-state index is 11.1. The summed E-state index contributed by atoms with van der Waals surface area (Å²) in [6.45, 7) is -1.02. The molecule has 19 atom stereocenters. The smallest absolute Gasteiger partial charge is 0.187 e. The summed E-state index contributed by atoms with van der Waals surface area (Å²) in [5, 5.41) is 83.2. The average molecular weight is 616 g/mol. The Hall–Kier alpha value is -0.760. The molecule has 3 heterocycles. The first-order valence-electron chi connectivity index (χ1n) is 13.8. The van der Waals surface area contributed by atoms with E-state index in [-0.39, 0.29) is 19.5 Å². The Balaban J connectivity index is 1.50. The highest BCUT2D eigenvalue weighted by atomic mass is 16.8. The summed E-state index contributed by atoms with van der Waals surface area (Å²) in [6.07, 6.45) is -22.1. The molecule has 4 fully saturated rings. The molecular weight excluding hydrogens is 570 g/mol. The second-order valence-corrected chi connectivity index (χ2v) is 11.2. The largest absolute Gasteiger partial charge is 0.394 e. The van der Waals surface area contributed by atoms with E-state index in [1.165, 1.54) is 0 Å². The molecule has 0 spiro atoms. The van der Waals surface area contributed by atoms with E-state index in [0.29, 0.717) is 0 Å². The van der Waals surface area contributed by atoms with Crippen molar-refractivity contribution in [3.63, 3.8) is 0 Å². The van der Waals surface area contributed by atoms with Gasteiger partial charge in [-0.15, -0.1) is 0 Å². The molecular formula is C23H45N5O14. The van der Waals surface area contributed by atoms with Crippen molar-refractivity contribution in [2.75, 3.05) is 19.7 Å². The molecule has 0 bridgehead atoms. The van der Waals surface area contributed by atoms with Crippen molar-refractivity contribution in [3.05, 3.63) is 0 Å². The number of aliphatic hydroxyl groups is 8. The van der Waals surface area contributed by atoms with E-state index in [4.69, 9.17) is 57.1 Å². The van der Waals surface area contributed by atoms with Gasteiger partial charge in [0.1, 0.15) is 73.2 Å². The van der Waals surface area contributed by atoms with E-state index in [1.54, 1.807) is 0 Å². The van der Waals surface area contributed by atoms with Crippen molar-refractivity contribution in [1.29, 1.82) is 0 Å². The van der Waals surface area contributed by atoms with Crippen LogP contribution < -0.4 is 28.7 Å². The van der Waals surface area contributed by atoms with Gasteiger partial charge >= 0.3 is 0 Å². The Kier molecular flexibility index (Phi) is 11.5. The summed E-state index contributed by atoms with van der Waals surface area (Å²) >= 11 is 0. The van der Waals surface area contributed by atoms with Gasteiger partial charge in [-0.3, -0.25) is 0 Å². The Morgan fingerprint density at radius 1 is 0.548 bits per heavy atom. The Morgan fingerprint density at radius 2 is 1.00 bits per heavy atom. The summed E-state index contributed by atoms with van der Waals surface area (Å²) in [4.78, 5) is 0. The minimum Gasteiger partial charge on any atom is -0.394 e. The van der Waals surface area contributed by atoms with Crippen LogP contribution in [-0.4, -0.2) is 177 Å². The highest BCUT2D eigenvalue weighted by Crippen LogP contribution is 2.34. The van der Waals surface area contributed by atoms with Gasteiger partial charge in [0.15, 0.2) is 18.9 Å². The standard InChI is InChI=1S/C23H45N5O14/c24-2-7-13(32)15(34)10(27)21(37-7)40-18-5(26)1-6(30)12(31)20(18)42-23-17(36)19(9(4-29)39-23)41-22-11(28)16(35)14(33)8(3-25)38-22/h5-23,29-36H,1-4,24-28H2/t5-,6+,7+,8+,9+,10+,11+,12+,13-,14+,15+,16+,17+,18-,19+,20+,21+,22-,23+/m0/s1. The molecule has 0 radical (unpaired) electrons. The first-order valence-corrected chi connectivity index (χ1v) is 13.8. The topological polar surface area (TPSA) is 347 Å². The lowest BCUT2D eigenvalue weighted by Crippen LogP contribution is -2.67. The van der Waals surface area contributed by atoms with Crippen LogP contribution in [0.5, 0.6) is 0 Å². The lowest BCUT2D eigenvalue weighted by Gasteiger charge is -2.47. The number of aliphatic hydroxyl groups excluding tert-OH is 8. The molecule has 19 nitrogen and oxygen atoms in total. The number of nitrogens with two attached hydrogens (primary N) is 5. The zero-order valence-electron chi connectivity index (χ0n) is 22.7. The summed E-state index contributed by atoms with van der Waals surface area (Å²) in [5.74, 6) is 0. The number of hydrogen-bond acceptors (Lipinski definition) is 19. The molecule has 4 rings (SSSR count). The lowest BCUT2D eigenvalue weighted by molar-refractivity contribution is -0.311. The third-order valence-corrected chi connectivity index (χ3v) is 8.30. The third kappa shape index (κ3) is 6.60. The van der Waals surface area contributed by atoms with Crippen LogP contribution in [-0.2, 0) is 28.4 Å². The van der Waals surface area contributed by atoms with E-state index in [0.717, 1.165) is 0 Å². The first-order chi connectivity index (χ1) is 19.8. The van der Waals surface area contributed by atoms with Gasteiger partial charge in [-0.1, -0.05) is 0 Å². The number of hydrogen-bond donors (Lipinski definition) is 13. The Morgan fingerprint density at radius 3 is 1.48 bits per heavy atom. The van der Waals surface area contributed by atoms with E-state index in [2.05, 4.69) is 0 Å². The van der Waals surface area contributed by atoms with Gasteiger partial charge in [-0.25, -0.2) is 0 Å². The van der Waals surface area contributed by atoms with Crippen molar-refractivity contribution < 1.29 is 69.3 Å². The zero-order valence-corrected chi connectivity index (χ0v) is 22.7. The quantitative estimate of drug-likeness (QED) is 0.114. The van der Waals surface area contributed by atoms with Crippen molar-refractivity contribution in [3.8, 4) is 0 Å². The van der Waals surface area contributed by atoms with Crippen LogP contribution in [0.2, 0.25) is 0 Å². The number of rotatable bonds is 9. The highest BCUT2D eigenvalue weighted by Gasteiger charge is 2.54. The zero-order chi connectivity index (χ0) is 31.0. The van der Waals surface area contributed by atoms with Crippen molar-refractivity contribution in [1.82, 2.24) is 0 Å². The third-order valence-electron chi connectivity index (χ3n) is 8.30. The fourth-order valence-electron chi connectivity index (χ4n) is 5.68. The van der Waals surface area contributed by atoms with Gasteiger partial charge in [0, 0.05) is 19.1 Å². The molecule has 0 aromatic rings. The molecule has 18 N–H and O–H groups in total. The van der Waals surface area contributed by atoms with Crippen molar-refractivity contribution in [2.45, 2.75) is 123 Å². The van der Waals surface area contributed by atoms with Crippen LogP contribution in [0, 0.1) is 0 Å². The second kappa shape index (κ2) is 14.1. The molecule has 246 valence electrons. The molecule has 1 saturated carbocycles. The van der Waals surface area contributed by atoms with Crippen molar-refractivity contribution in [2.24, 2.45) is 28.7 Å². The summed E-state index contributed by atoms with van der Waals surface area (Å²) in [7, 11) is 0.